The lowest BCUT2D eigenvalue weighted by Gasteiger charge is -2.19. The van der Waals surface area contributed by atoms with Gasteiger partial charge in [0, 0.05) is 18.0 Å². The largest absolute Gasteiger partial charge is 0.452 e. The van der Waals surface area contributed by atoms with Crippen molar-refractivity contribution in [3.8, 4) is 10.6 Å². The molecule has 0 amide bonds. The number of anilines is 1. The summed E-state index contributed by atoms with van der Waals surface area (Å²) in [6.45, 7) is 3.48. The van der Waals surface area contributed by atoms with Gasteiger partial charge in [0.25, 0.3) is 10.0 Å². The van der Waals surface area contributed by atoms with Crippen molar-refractivity contribution in [1.82, 2.24) is 5.16 Å². The predicted molar refractivity (Wildman–Crippen MR) is 96.3 cm³/mol. The molecule has 0 atom stereocenters. The van der Waals surface area contributed by atoms with Crippen molar-refractivity contribution in [3.63, 3.8) is 0 Å². The molecule has 144 valence electrons. The molecule has 0 radical (unpaired) electrons. The standard InChI is InChI=1S/C17H15F3N2O3S2/c1-10-4-6-12(7-5-10)22(3)27(23,24)15-9-14(26-11(15)2)13-8-16(25-21-13)17(18,19)20/h4-9H,1-3H3. The first-order valence-corrected chi connectivity index (χ1v) is 9.96. The van der Waals surface area contributed by atoms with Gasteiger partial charge in [-0.05, 0) is 32.0 Å². The second-order valence-corrected chi connectivity index (χ2v) is 9.11. The molecule has 0 fully saturated rings. The van der Waals surface area contributed by atoms with Crippen molar-refractivity contribution in [3.05, 3.63) is 52.6 Å². The van der Waals surface area contributed by atoms with E-state index in [1.54, 1.807) is 31.2 Å². The zero-order valence-corrected chi connectivity index (χ0v) is 16.2. The average molecular weight is 416 g/mol. The molecule has 0 saturated heterocycles. The average Bonchev–Trinajstić information content (AvgIpc) is 3.21. The Morgan fingerprint density at radius 3 is 2.30 bits per heavy atom. The smallest absolute Gasteiger partial charge is 0.351 e. The highest BCUT2D eigenvalue weighted by molar-refractivity contribution is 7.93. The van der Waals surface area contributed by atoms with E-state index in [4.69, 9.17) is 0 Å². The number of alkyl halides is 3. The summed E-state index contributed by atoms with van der Waals surface area (Å²) in [6, 6.07) is 9.03. The van der Waals surface area contributed by atoms with E-state index in [2.05, 4.69) is 9.68 Å². The minimum absolute atomic E-state index is 0.0159. The Hall–Kier alpha value is -2.33. The van der Waals surface area contributed by atoms with E-state index in [0.29, 0.717) is 10.6 Å². The van der Waals surface area contributed by atoms with Crippen molar-refractivity contribution < 1.29 is 26.1 Å². The van der Waals surface area contributed by atoms with Crippen LogP contribution in [0.25, 0.3) is 10.6 Å². The third kappa shape index (κ3) is 3.72. The Labute approximate surface area is 158 Å². The number of sulfonamides is 1. The number of thiophene rings is 1. The van der Waals surface area contributed by atoms with Crippen LogP contribution < -0.4 is 4.31 Å². The van der Waals surface area contributed by atoms with Gasteiger partial charge in [0.1, 0.15) is 10.6 Å². The molecule has 10 heteroatoms. The molecule has 0 aliphatic rings. The van der Waals surface area contributed by atoms with Gasteiger partial charge in [-0.1, -0.05) is 22.9 Å². The van der Waals surface area contributed by atoms with Crippen LogP contribution in [0, 0.1) is 13.8 Å². The summed E-state index contributed by atoms with van der Waals surface area (Å²) in [6.07, 6.45) is -4.65. The summed E-state index contributed by atoms with van der Waals surface area (Å²) < 4.78 is 69.4. The lowest BCUT2D eigenvalue weighted by molar-refractivity contribution is -0.155. The van der Waals surface area contributed by atoms with Gasteiger partial charge in [0.15, 0.2) is 0 Å². The molecule has 3 rings (SSSR count). The predicted octanol–water partition coefficient (Wildman–Crippen LogP) is 4.86. The molecule has 2 heterocycles. The van der Waals surface area contributed by atoms with Crippen molar-refractivity contribution in [2.75, 3.05) is 11.4 Å². The Bertz CT molecular complexity index is 1070. The van der Waals surface area contributed by atoms with Gasteiger partial charge < -0.3 is 4.52 Å². The number of hydrogen-bond acceptors (Lipinski definition) is 5. The minimum atomic E-state index is -4.65. The molecule has 27 heavy (non-hydrogen) atoms. The first-order valence-electron chi connectivity index (χ1n) is 7.70. The summed E-state index contributed by atoms with van der Waals surface area (Å²) >= 11 is 1.04. The minimum Gasteiger partial charge on any atom is -0.351 e. The highest BCUT2D eigenvalue weighted by atomic mass is 32.2. The summed E-state index contributed by atoms with van der Waals surface area (Å²) in [5.41, 5.74) is 1.41. The Morgan fingerprint density at radius 1 is 1.11 bits per heavy atom. The maximum absolute atomic E-state index is 13.0. The Morgan fingerprint density at radius 2 is 1.74 bits per heavy atom. The number of rotatable bonds is 4. The lowest BCUT2D eigenvalue weighted by atomic mass is 10.2. The molecule has 5 nitrogen and oxygen atoms in total. The van der Waals surface area contributed by atoms with Crippen LogP contribution >= 0.6 is 11.3 Å². The Kier molecular flexibility index (Phi) is 4.81. The lowest BCUT2D eigenvalue weighted by Crippen LogP contribution is -2.26. The van der Waals surface area contributed by atoms with Crippen LogP contribution in [-0.2, 0) is 16.2 Å². The number of benzene rings is 1. The number of aryl methyl sites for hydroxylation is 2. The molecular formula is C17H15F3N2O3S2. The van der Waals surface area contributed by atoms with E-state index in [1.807, 2.05) is 6.92 Å². The summed E-state index contributed by atoms with van der Waals surface area (Å²) in [5, 5.41) is 3.41. The van der Waals surface area contributed by atoms with E-state index in [0.717, 1.165) is 27.3 Å². The van der Waals surface area contributed by atoms with Crippen LogP contribution in [0.4, 0.5) is 18.9 Å². The molecule has 0 unspecified atom stereocenters. The van der Waals surface area contributed by atoms with E-state index in [1.165, 1.54) is 13.1 Å². The fourth-order valence-electron chi connectivity index (χ4n) is 2.41. The first kappa shape index (κ1) is 19.4. The normalized spacial score (nSPS) is 12.4. The van der Waals surface area contributed by atoms with Crippen molar-refractivity contribution in [1.29, 1.82) is 0 Å². The van der Waals surface area contributed by atoms with Crippen molar-refractivity contribution >= 4 is 27.0 Å². The summed E-state index contributed by atoms with van der Waals surface area (Å²) in [4.78, 5) is 0.741. The highest BCUT2D eigenvalue weighted by Crippen LogP contribution is 2.38. The summed E-state index contributed by atoms with van der Waals surface area (Å²) in [5.74, 6) is -1.23. The quantitative estimate of drug-likeness (QED) is 0.609. The summed E-state index contributed by atoms with van der Waals surface area (Å²) in [7, 11) is -2.46. The highest BCUT2D eigenvalue weighted by Gasteiger charge is 2.36. The Balaban J connectivity index is 1.98. The molecule has 0 bridgehead atoms. The van der Waals surface area contributed by atoms with Crippen LogP contribution in [0.1, 0.15) is 16.2 Å². The molecule has 2 aromatic heterocycles. The SMILES string of the molecule is Cc1ccc(N(C)S(=O)(=O)c2cc(-c3cc(C(F)(F)F)on3)sc2C)cc1. The topological polar surface area (TPSA) is 63.4 Å². The number of halogens is 3. The molecule has 1 aromatic carbocycles. The van der Waals surface area contributed by atoms with E-state index in [9.17, 15) is 21.6 Å². The van der Waals surface area contributed by atoms with E-state index >= 15 is 0 Å². The maximum Gasteiger partial charge on any atom is 0.452 e. The van der Waals surface area contributed by atoms with Crippen molar-refractivity contribution in [2.45, 2.75) is 24.9 Å². The second-order valence-electron chi connectivity index (χ2n) is 5.91. The van der Waals surface area contributed by atoms with Gasteiger partial charge in [-0.25, -0.2) is 8.42 Å². The number of aromatic nitrogens is 1. The third-order valence-corrected chi connectivity index (χ3v) is 7.06. The zero-order chi connectivity index (χ0) is 20.0. The van der Waals surface area contributed by atoms with Gasteiger partial charge in [0.05, 0.1) is 10.6 Å². The number of hydrogen-bond donors (Lipinski definition) is 0. The fourth-order valence-corrected chi connectivity index (χ4v) is 5.12. The molecule has 0 aliphatic heterocycles. The van der Waals surface area contributed by atoms with Crippen LogP contribution in [0.3, 0.4) is 0 Å². The molecule has 0 saturated carbocycles. The van der Waals surface area contributed by atoms with Gasteiger partial charge in [-0.2, -0.15) is 13.2 Å². The van der Waals surface area contributed by atoms with Crippen LogP contribution in [0.2, 0.25) is 0 Å². The van der Waals surface area contributed by atoms with Crippen molar-refractivity contribution in [2.24, 2.45) is 0 Å². The maximum atomic E-state index is 13.0. The van der Waals surface area contributed by atoms with Gasteiger partial charge >= 0.3 is 6.18 Å². The zero-order valence-electron chi connectivity index (χ0n) is 14.5. The fraction of sp³-hybridized carbons (Fsp3) is 0.235. The molecule has 3 aromatic rings. The molecular weight excluding hydrogens is 401 g/mol. The first-order chi connectivity index (χ1) is 12.5. The van der Waals surface area contributed by atoms with Crippen LogP contribution in [0.5, 0.6) is 0 Å². The van der Waals surface area contributed by atoms with Gasteiger partial charge in [0.2, 0.25) is 5.76 Å². The third-order valence-electron chi connectivity index (χ3n) is 3.95. The monoisotopic (exact) mass is 416 g/mol. The molecule has 0 N–H and O–H groups in total. The van der Waals surface area contributed by atoms with Gasteiger partial charge in [-0.15, -0.1) is 11.3 Å². The van der Waals surface area contributed by atoms with Crippen LogP contribution in [0.15, 0.2) is 45.8 Å². The van der Waals surface area contributed by atoms with E-state index in [-0.39, 0.29) is 15.5 Å². The molecule has 0 spiro atoms. The second kappa shape index (κ2) is 6.68. The molecule has 0 aliphatic carbocycles. The number of nitrogens with zero attached hydrogens (tertiary/aromatic N) is 2. The van der Waals surface area contributed by atoms with E-state index < -0.39 is 22.0 Å². The van der Waals surface area contributed by atoms with Crippen LogP contribution in [-0.4, -0.2) is 20.6 Å². The van der Waals surface area contributed by atoms with Gasteiger partial charge in [-0.3, -0.25) is 4.31 Å².